The summed E-state index contributed by atoms with van der Waals surface area (Å²) in [6.45, 7) is 8.67. The van der Waals surface area contributed by atoms with E-state index in [1.54, 1.807) is 11.3 Å². The lowest BCUT2D eigenvalue weighted by molar-refractivity contribution is 0.559. The van der Waals surface area contributed by atoms with Crippen LogP contribution in [0.3, 0.4) is 0 Å². The highest BCUT2D eigenvalue weighted by molar-refractivity contribution is 7.09. The Labute approximate surface area is 125 Å². The van der Waals surface area contributed by atoms with Crippen molar-refractivity contribution in [1.29, 1.82) is 0 Å². The maximum absolute atomic E-state index is 4.78. The Balaban J connectivity index is 2.16. The average Bonchev–Trinajstić information content (AvgIpc) is 2.84. The van der Waals surface area contributed by atoms with Crippen LogP contribution in [0.2, 0.25) is 0 Å². The smallest absolute Gasteiger partial charge is 0.0947 e. The maximum atomic E-state index is 4.78. The third-order valence-electron chi connectivity index (χ3n) is 3.35. The SMILES string of the molecule is CNC(Cc1nc(C(C)(C)C)cs1)c1cncc(C)c1. The first-order chi connectivity index (χ1) is 9.40. The third-order valence-corrected chi connectivity index (χ3v) is 4.22. The van der Waals surface area contributed by atoms with Crippen molar-refractivity contribution in [2.75, 3.05) is 7.05 Å². The van der Waals surface area contributed by atoms with Crippen LogP contribution in [0, 0.1) is 6.92 Å². The summed E-state index contributed by atoms with van der Waals surface area (Å²) < 4.78 is 0. The highest BCUT2D eigenvalue weighted by Gasteiger charge is 2.19. The Hall–Kier alpha value is -1.26. The summed E-state index contributed by atoms with van der Waals surface area (Å²) in [7, 11) is 1.99. The first-order valence-electron chi connectivity index (χ1n) is 6.94. The molecule has 0 bridgehead atoms. The van der Waals surface area contributed by atoms with Gasteiger partial charge in [0.2, 0.25) is 0 Å². The Kier molecular flexibility index (Phi) is 4.55. The van der Waals surface area contributed by atoms with Crippen LogP contribution in [0.4, 0.5) is 0 Å². The summed E-state index contributed by atoms with van der Waals surface area (Å²) in [5, 5.41) is 6.72. The van der Waals surface area contributed by atoms with Gasteiger partial charge >= 0.3 is 0 Å². The fraction of sp³-hybridized carbons (Fsp3) is 0.500. The van der Waals surface area contributed by atoms with Crippen molar-refractivity contribution in [3.05, 3.63) is 45.7 Å². The number of hydrogen-bond acceptors (Lipinski definition) is 4. The lowest BCUT2D eigenvalue weighted by Gasteiger charge is -2.16. The molecule has 2 heterocycles. The van der Waals surface area contributed by atoms with Gasteiger partial charge in [0.1, 0.15) is 0 Å². The molecule has 2 aromatic heterocycles. The normalized spacial score (nSPS) is 13.4. The zero-order valence-electron chi connectivity index (χ0n) is 12.9. The van der Waals surface area contributed by atoms with Crippen LogP contribution in [0.5, 0.6) is 0 Å². The molecule has 3 nitrogen and oxygen atoms in total. The fourth-order valence-electron chi connectivity index (χ4n) is 2.08. The Bertz CT molecular complexity index is 569. The van der Waals surface area contributed by atoms with Crippen LogP contribution in [0.25, 0.3) is 0 Å². The summed E-state index contributed by atoms with van der Waals surface area (Å²) >= 11 is 1.75. The summed E-state index contributed by atoms with van der Waals surface area (Å²) in [5.41, 5.74) is 3.71. The molecule has 0 radical (unpaired) electrons. The van der Waals surface area contributed by atoms with Gasteiger partial charge in [0.25, 0.3) is 0 Å². The van der Waals surface area contributed by atoms with Crippen molar-refractivity contribution in [2.45, 2.75) is 45.6 Å². The molecule has 0 amide bonds. The second-order valence-corrected chi connectivity index (χ2v) is 7.16. The highest BCUT2D eigenvalue weighted by Crippen LogP contribution is 2.26. The van der Waals surface area contributed by atoms with Crippen LogP contribution < -0.4 is 5.32 Å². The zero-order chi connectivity index (χ0) is 14.8. The molecule has 4 heteroatoms. The molecule has 1 unspecified atom stereocenters. The Morgan fingerprint density at radius 3 is 2.60 bits per heavy atom. The van der Waals surface area contributed by atoms with Gasteiger partial charge in [-0.3, -0.25) is 4.98 Å². The highest BCUT2D eigenvalue weighted by atomic mass is 32.1. The fourth-order valence-corrected chi connectivity index (χ4v) is 3.15. The van der Waals surface area contributed by atoms with Crippen LogP contribution in [0.15, 0.2) is 23.8 Å². The second-order valence-electron chi connectivity index (χ2n) is 6.22. The van der Waals surface area contributed by atoms with Crippen molar-refractivity contribution in [2.24, 2.45) is 0 Å². The van der Waals surface area contributed by atoms with Gasteiger partial charge in [-0.2, -0.15) is 0 Å². The number of nitrogens with zero attached hydrogens (tertiary/aromatic N) is 2. The predicted octanol–water partition coefficient (Wildman–Crippen LogP) is 3.65. The minimum Gasteiger partial charge on any atom is -0.313 e. The lowest BCUT2D eigenvalue weighted by Crippen LogP contribution is -2.19. The monoisotopic (exact) mass is 289 g/mol. The van der Waals surface area contributed by atoms with Crippen molar-refractivity contribution in [3.63, 3.8) is 0 Å². The summed E-state index contributed by atoms with van der Waals surface area (Å²) in [6, 6.07) is 2.45. The molecular formula is C16H23N3S. The molecule has 0 aliphatic carbocycles. The van der Waals surface area contributed by atoms with Crippen LogP contribution in [0.1, 0.15) is 48.6 Å². The van der Waals surface area contributed by atoms with E-state index >= 15 is 0 Å². The maximum Gasteiger partial charge on any atom is 0.0947 e. The van der Waals surface area contributed by atoms with Gasteiger partial charge in [-0.1, -0.05) is 26.8 Å². The quantitative estimate of drug-likeness (QED) is 0.933. The average molecular weight is 289 g/mol. The number of hydrogen-bond donors (Lipinski definition) is 1. The first-order valence-corrected chi connectivity index (χ1v) is 7.82. The summed E-state index contributed by atoms with van der Waals surface area (Å²) in [6.07, 6.45) is 4.73. The predicted molar refractivity (Wildman–Crippen MR) is 85.3 cm³/mol. The number of aromatic nitrogens is 2. The van der Waals surface area contributed by atoms with E-state index in [0.717, 1.165) is 6.42 Å². The first kappa shape index (κ1) is 15.1. The minimum absolute atomic E-state index is 0.120. The molecule has 0 saturated heterocycles. The summed E-state index contributed by atoms with van der Waals surface area (Å²) in [4.78, 5) is 9.06. The lowest BCUT2D eigenvalue weighted by atomic mass is 9.93. The largest absolute Gasteiger partial charge is 0.313 e. The van der Waals surface area contributed by atoms with Gasteiger partial charge < -0.3 is 5.32 Å². The van der Waals surface area contributed by atoms with Gasteiger partial charge in [0.15, 0.2) is 0 Å². The van der Waals surface area contributed by atoms with Crippen molar-refractivity contribution >= 4 is 11.3 Å². The zero-order valence-corrected chi connectivity index (χ0v) is 13.7. The van der Waals surface area contributed by atoms with Gasteiger partial charge in [0.05, 0.1) is 10.7 Å². The molecule has 0 aliphatic rings. The molecule has 0 aliphatic heterocycles. The van der Waals surface area contributed by atoms with Crippen LogP contribution >= 0.6 is 11.3 Å². The molecule has 0 saturated carbocycles. The molecule has 20 heavy (non-hydrogen) atoms. The molecule has 0 aromatic carbocycles. The van der Waals surface area contributed by atoms with Gasteiger partial charge in [0, 0.05) is 35.7 Å². The van der Waals surface area contributed by atoms with E-state index in [0.29, 0.717) is 0 Å². The molecule has 1 N–H and O–H groups in total. The number of aryl methyl sites for hydroxylation is 1. The number of likely N-dealkylation sites (N-methyl/N-ethyl adjacent to an activating group) is 1. The second kappa shape index (κ2) is 6.02. The van der Waals surface area contributed by atoms with E-state index in [-0.39, 0.29) is 11.5 Å². The van der Waals surface area contributed by atoms with Crippen molar-refractivity contribution in [3.8, 4) is 0 Å². The molecule has 1 atom stereocenters. The molecular weight excluding hydrogens is 266 g/mol. The molecule has 0 fully saturated rings. The van der Waals surface area contributed by atoms with Gasteiger partial charge in [-0.05, 0) is 25.1 Å². The molecule has 0 spiro atoms. The molecule has 2 aromatic rings. The van der Waals surface area contributed by atoms with Gasteiger partial charge in [-0.25, -0.2) is 4.98 Å². The van der Waals surface area contributed by atoms with Crippen molar-refractivity contribution in [1.82, 2.24) is 15.3 Å². The molecule has 2 rings (SSSR count). The van der Waals surface area contributed by atoms with Crippen LogP contribution in [-0.4, -0.2) is 17.0 Å². The summed E-state index contributed by atoms with van der Waals surface area (Å²) in [5.74, 6) is 0. The number of rotatable bonds is 4. The number of thiazole rings is 1. The molecule has 108 valence electrons. The van der Waals surface area contributed by atoms with Crippen molar-refractivity contribution < 1.29 is 0 Å². The standard InChI is InChI=1S/C16H23N3S/c1-11-6-12(9-18-8-11)13(17-5)7-15-19-14(10-20-15)16(2,3)4/h6,8-10,13,17H,7H2,1-5H3. The Morgan fingerprint density at radius 1 is 1.30 bits per heavy atom. The minimum atomic E-state index is 0.120. The number of pyridine rings is 1. The van der Waals surface area contributed by atoms with E-state index in [9.17, 15) is 0 Å². The van der Waals surface area contributed by atoms with E-state index in [1.807, 2.05) is 19.4 Å². The van der Waals surface area contributed by atoms with Gasteiger partial charge in [-0.15, -0.1) is 11.3 Å². The van der Waals surface area contributed by atoms with Crippen LogP contribution in [-0.2, 0) is 11.8 Å². The van der Waals surface area contributed by atoms with E-state index in [1.165, 1.54) is 21.8 Å². The topological polar surface area (TPSA) is 37.8 Å². The Morgan fingerprint density at radius 2 is 2.05 bits per heavy atom. The van der Waals surface area contributed by atoms with E-state index < -0.39 is 0 Å². The number of nitrogens with one attached hydrogen (secondary N) is 1. The van der Waals surface area contributed by atoms with E-state index in [4.69, 9.17) is 4.98 Å². The third kappa shape index (κ3) is 3.64. The van der Waals surface area contributed by atoms with E-state index in [2.05, 4.69) is 49.4 Å².